The van der Waals surface area contributed by atoms with E-state index in [1.54, 1.807) is 0 Å². The number of aromatic nitrogens is 2. The highest BCUT2D eigenvalue weighted by molar-refractivity contribution is 6.31. The zero-order chi connectivity index (χ0) is 14.1. The molecule has 0 aliphatic rings. The summed E-state index contributed by atoms with van der Waals surface area (Å²) >= 11 is 6.34. The normalized spacial score (nSPS) is 11.2. The zero-order valence-corrected chi connectivity index (χ0v) is 13.1. The minimum atomic E-state index is 0.771. The molecule has 0 unspecified atom stereocenters. The van der Waals surface area contributed by atoms with Crippen molar-refractivity contribution in [2.75, 3.05) is 19.8 Å². The standard InChI is InChI=1S/C14H26ClN3O/c1-4-9-19-10-7-8-16-11-13-14(15)12(5-2)17-18(13)6-3/h16H,4-11H2,1-3H3. The highest BCUT2D eigenvalue weighted by Crippen LogP contribution is 2.21. The van der Waals surface area contributed by atoms with Crippen LogP contribution in [-0.2, 0) is 24.2 Å². The van der Waals surface area contributed by atoms with E-state index in [-0.39, 0.29) is 0 Å². The van der Waals surface area contributed by atoms with Crippen molar-refractivity contribution >= 4 is 11.6 Å². The van der Waals surface area contributed by atoms with E-state index in [0.29, 0.717) is 0 Å². The smallest absolute Gasteiger partial charge is 0.0863 e. The van der Waals surface area contributed by atoms with Gasteiger partial charge in [0.15, 0.2) is 0 Å². The second kappa shape index (κ2) is 9.34. The second-order valence-electron chi connectivity index (χ2n) is 4.52. The molecule has 1 N–H and O–H groups in total. The third-order valence-corrected chi connectivity index (χ3v) is 3.41. The number of rotatable bonds is 10. The lowest BCUT2D eigenvalue weighted by atomic mass is 10.3. The Morgan fingerprint density at radius 3 is 2.68 bits per heavy atom. The molecular weight excluding hydrogens is 262 g/mol. The van der Waals surface area contributed by atoms with Gasteiger partial charge in [-0.3, -0.25) is 4.68 Å². The van der Waals surface area contributed by atoms with Crippen LogP contribution >= 0.6 is 11.6 Å². The van der Waals surface area contributed by atoms with Gasteiger partial charge >= 0.3 is 0 Å². The van der Waals surface area contributed by atoms with Crippen LogP contribution in [0.5, 0.6) is 0 Å². The number of hydrogen-bond donors (Lipinski definition) is 1. The van der Waals surface area contributed by atoms with E-state index < -0.39 is 0 Å². The van der Waals surface area contributed by atoms with E-state index >= 15 is 0 Å². The molecule has 0 spiro atoms. The van der Waals surface area contributed by atoms with E-state index in [4.69, 9.17) is 16.3 Å². The SMILES string of the molecule is CCCOCCCNCc1c(Cl)c(CC)nn1CC. The Morgan fingerprint density at radius 2 is 2.05 bits per heavy atom. The van der Waals surface area contributed by atoms with Crippen molar-refractivity contribution in [3.63, 3.8) is 0 Å². The topological polar surface area (TPSA) is 39.1 Å². The van der Waals surface area contributed by atoms with Crippen molar-refractivity contribution in [3.8, 4) is 0 Å². The summed E-state index contributed by atoms with van der Waals surface area (Å²) in [7, 11) is 0. The van der Waals surface area contributed by atoms with E-state index in [1.807, 2.05) is 4.68 Å². The first kappa shape index (κ1) is 16.5. The Morgan fingerprint density at radius 1 is 1.26 bits per heavy atom. The Balaban J connectivity index is 2.34. The van der Waals surface area contributed by atoms with E-state index in [1.165, 1.54) is 0 Å². The van der Waals surface area contributed by atoms with E-state index in [9.17, 15) is 0 Å². The molecule has 0 saturated heterocycles. The maximum absolute atomic E-state index is 6.34. The van der Waals surface area contributed by atoms with E-state index in [0.717, 1.165) is 68.5 Å². The van der Waals surface area contributed by atoms with Crippen LogP contribution in [0.15, 0.2) is 0 Å². The Hall–Kier alpha value is -0.580. The molecule has 5 heteroatoms. The van der Waals surface area contributed by atoms with Gasteiger partial charge in [0.25, 0.3) is 0 Å². The Labute approximate surface area is 121 Å². The number of halogens is 1. The first-order chi connectivity index (χ1) is 9.24. The molecule has 0 bridgehead atoms. The van der Waals surface area contributed by atoms with Crippen LogP contribution < -0.4 is 5.32 Å². The maximum Gasteiger partial charge on any atom is 0.0863 e. The first-order valence-electron chi connectivity index (χ1n) is 7.27. The number of hydrogen-bond acceptors (Lipinski definition) is 3. The Kier molecular flexibility index (Phi) is 8.10. The molecule has 0 aliphatic heterocycles. The molecule has 1 aromatic heterocycles. The molecule has 1 heterocycles. The molecule has 4 nitrogen and oxygen atoms in total. The van der Waals surface area contributed by atoms with Gasteiger partial charge < -0.3 is 10.1 Å². The summed E-state index contributed by atoms with van der Waals surface area (Å²) in [6.45, 7) is 10.5. The van der Waals surface area contributed by atoms with Crippen molar-refractivity contribution < 1.29 is 4.74 Å². The van der Waals surface area contributed by atoms with Gasteiger partial charge in [-0.25, -0.2) is 0 Å². The highest BCUT2D eigenvalue weighted by atomic mass is 35.5. The van der Waals surface area contributed by atoms with E-state index in [2.05, 4.69) is 31.2 Å². The summed E-state index contributed by atoms with van der Waals surface area (Å²) < 4.78 is 7.43. The monoisotopic (exact) mass is 287 g/mol. The van der Waals surface area contributed by atoms with Gasteiger partial charge in [0.05, 0.1) is 16.4 Å². The average molecular weight is 288 g/mol. The summed E-state index contributed by atoms with van der Waals surface area (Å²) in [6, 6.07) is 0. The van der Waals surface area contributed by atoms with Crippen molar-refractivity contribution in [1.82, 2.24) is 15.1 Å². The van der Waals surface area contributed by atoms with Gasteiger partial charge in [-0.05, 0) is 32.7 Å². The lowest BCUT2D eigenvalue weighted by molar-refractivity contribution is 0.132. The zero-order valence-electron chi connectivity index (χ0n) is 12.3. The lowest BCUT2D eigenvalue weighted by Crippen LogP contribution is -2.19. The average Bonchev–Trinajstić information content (AvgIpc) is 2.74. The van der Waals surface area contributed by atoms with Crippen LogP contribution in [0.2, 0.25) is 5.02 Å². The van der Waals surface area contributed by atoms with Crippen molar-refractivity contribution in [2.24, 2.45) is 0 Å². The molecule has 0 saturated carbocycles. The van der Waals surface area contributed by atoms with Crippen LogP contribution in [0.1, 0.15) is 45.0 Å². The van der Waals surface area contributed by atoms with Gasteiger partial charge in [0, 0.05) is 26.3 Å². The van der Waals surface area contributed by atoms with Crippen molar-refractivity contribution in [2.45, 2.75) is 53.1 Å². The van der Waals surface area contributed by atoms with Crippen molar-refractivity contribution in [1.29, 1.82) is 0 Å². The second-order valence-corrected chi connectivity index (χ2v) is 4.90. The van der Waals surface area contributed by atoms with Gasteiger partial charge in [0.2, 0.25) is 0 Å². The summed E-state index contributed by atoms with van der Waals surface area (Å²) in [5.74, 6) is 0. The lowest BCUT2D eigenvalue weighted by Gasteiger charge is -2.07. The molecule has 0 radical (unpaired) electrons. The quantitative estimate of drug-likeness (QED) is 0.672. The van der Waals surface area contributed by atoms with Crippen LogP contribution in [0, 0.1) is 0 Å². The molecule has 0 aromatic carbocycles. The molecule has 0 amide bonds. The number of ether oxygens (including phenoxy) is 1. The summed E-state index contributed by atoms with van der Waals surface area (Å²) in [4.78, 5) is 0. The molecular formula is C14H26ClN3O. The molecule has 0 fully saturated rings. The molecule has 1 aromatic rings. The van der Waals surface area contributed by atoms with Crippen LogP contribution in [-0.4, -0.2) is 29.5 Å². The molecule has 0 aliphatic carbocycles. The Bertz CT molecular complexity index is 366. The third kappa shape index (κ3) is 5.13. The van der Waals surface area contributed by atoms with Crippen LogP contribution in [0.4, 0.5) is 0 Å². The van der Waals surface area contributed by atoms with Gasteiger partial charge in [-0.1, -0.05) is 25.4 Å². The molecule has 19 heavy (non-hydrogen) atoms. The molecule has 0 atom stereocenters. The number of aryl methyl sites for hydroxylation is 2. The third-order valence-electron chi connectivity index (χ3n) is 2.98. The minimum absolute atomic E-state index is 0.771. The number of nitrogens with one attached hydrogen (secondary N) is 1. The van der Waals surface area contributed by atoms with Crippen molar-refractivity contribution in [3.05, 3.63) is 16.4 Å². The maximum atomic E-state index is 6.34. The van der Waals surface area contributed by atoms with Gasteiger partial charge in [0.1, 0.15) is 0 Å². The fraction of sp³-hybridized carbons (Fsp3) is 0.786. The predicted octanol–water partition coefficient (Wildman–Crippen LogP) is 3.03. The molecule has 1 rings (SSSR count). The van der Waals surface area contributed by atoms with Crippen LogP contribution in [0.3, 0.4) is 0 Å². The first-order valence-corrected chi connectivity index (χ1v) is 7.64. The minimum Gasteiger partial charge on any atom is -0.381 e. The highest BCUT2D eigenvalue weighted by Gasteiger charge is 2.13. The summed E-state index contributed by atoms with van der Waals surface area (Å²) in [5.41, 5.74) is 2.09. The summed E-state index contributed by atoms with van der Waals surface area (Å²) in [6.07, 6.45) is 2.99. The fourth-order valence-corrected chi connectivity index (χ4v) is 2.27. The largest absolute Gasteiger partial charge is 0.381 e. The fourth-order valence-electron chi connectivity index (χ4n) is 1.94. The number of nitrogens with zero attached hydrogens (tertiary/aromatic N) is 2. The van der Waals surface area contributed by atoms with Gasteiger partial charge in [-0.15, -0.1) is 0 Å². The molecule has 110 valence electrons. The van der Waals surface area contributed by atoms with Gasteiger partial charge in [-0.2, -0.15) is 5.10 Å². The van der Waals surface area contributed by atoms with Crippen LogP contribution in [0.25, 0.3) is 0 Å². The predicted molar refractivity (Wildman–Crippen MR) is 79.7 cm³/mol. The summed E-state index contributed by atoms with van der Waals surface area (Å²) in [5, 5.41) is 8.73.